The van der Waals surface area contributed by atoms with Gasteiger partial charge in [0.2, 0.25) is 0 Å². The number of oxazole rings is 1. The van der Waals surface area contributed by atoms with Crippen molar-refractivity contribution in [1.29, 1.82) is 0 Å². The molecule has 0 saturated heterocycles. The monoisotopic (exact) mass is 252 g/mol. The molecule has 0 spiro atoms. The van der Waals surface area contributed by atoms with Crippen LogP contribution in [0.25, 0.3) is 21.9 Å². The Kier molecular flexibility index (Phi) is 2.28. The van der Waals surface area contributed by atoms with E-state index in [1.54, 1.807) is 0 Å². The van der Waals surface area contributed by atoms with Crippen molar-refractivity contribution in [3.63, 3.8) is 0 Å². The molecule has 96 valence electrons. The zero-order valence-corrected chi connectivity index (χ0v) is 10.7. The number of nitrogens with two attached hydrogens (primary N) is 1. The second-order valence-electron chi connectivity index (χ2n) is 5.39. The first-order chi connectivity index (χ1) is 9.33. The van der Waals surface area contributed by atoms with Crippen LogP contribution in [0.3, 0.4) is 0 Å². The zero-order chi connectivity index (χ0) is 12.8. The number of anilines is 1. The fraction of sp³-hybridized carbons (Fsp3) is 0.312. The van der Waals surface area contributed by atoms with E-state index in [9.17, 15) is 0 Å². The molecule has 0 bridgehead atoms. The molecule has 0 atom stereocenters. The van der Waals surface area contributed by atoms with E-state index in [1.165, 1.54) is 36.6 Å². The van der Waals surface area contributed by atoms with Crippen molar-refractivity contribution in [3.05, 3.63) is 35.9 Å². The molecular formula is C16H16N2O. The molecule has 0 unspecified atom stereocenters. The summed E-state index contributed by atoms with van der Waals surface area (Å²) < 4.78 is 5.57. The van der Waals surface area contributed by atoms with E-state index in [0.29, 0.717) is 5.92 Å². The number of fused-ring (bicyclic) bond motifs is 3. The summed E-state index contributed by atoms with van der Waals surface area (Å²) >= 11 is 0. The van der Waals surface area contributed by atoms with Gasteiger partial charge in [0.25, 0.3) is 6.01 Å². The van der Waals surface area contributed by atoms with Gasteiger partial charge in [-0.1, -0.05) is 37.1 Å². The molecular weight excluding hydrogens is 236 g/mol. The van der Waals surface area contributed by atoms with Crippen LogP contribution in [0.2, 0.25) is 0 Å². The summed E-state index contributed by atoms with van der Waals surface area (Å²) in [5, 5.41) is 2.42. The fourth-order valence-electron chi connectivity index (χ4n) is 3.37. The molecule has 0 aliphatic heterocycles. The third-order valence-electron chi connectivity index (χ3n) is 4.24. The molecule has 1 aliphatic carbocycles. The maximum Gasteiger partial charge on any atom is 0.293 e. The minimum absolute atomic E-state index is 0.253. The number of nitrogens with zero attached hydrogens (tertiary/aromatic N) is 1. The summed E-state index contributed by atoms with van der Waals surface area (Å²) in [7, 11) is 0. The van der Waals surface area contributed by atoms with Gasteiger partial charge >= 0.3 is 0 Å². The molecule has 1 aromatic heterocycles. The number of hydrogen-bond acceptors (Lipinski definition) is 3. The van der Waals surface area contributed by atoms with Gasteiger partial charge < -0.3 is 10.2 Å². The first-order valence-electron chi connectivity index (χ1n) is 6.90. The van der Waals surface area contributed by atoms with E-state index >= 15 is 0 Å². The number of nitrogen functional groups attached to an aromatic ring is 1. The van der Waals surface area contributed by atoms with Crippen molar-refractivity contribution < 1.29 is 4.42 Å². The number of hydrogen-bond donors (Lipinski definition) is 1. The summed E-state index contributed by atoms with van der Waals surface area (Å²) in [6.07, 6.45) is 5.22. The summed E-state index contributed by atoms with van der Waals surface area (Å²) in [5.74, 6) is 0.659. The molecule has 3 nitrogen and oxygen atoms in total. The van der Waals surface area contributed by atoms with Crippen LogP contribution < -0.4 is 5.73 Å². The molecule has 1 heterocycles. The van der Waals surface area contributed by atoms with Crippen LogP contribution in [0.1, 0.15) is 37.2 Å². The Hall–Kier alpha value is -2.03. The SMILES string of the molecule is Nc1nc2cc(C3CCCC3)c3ccccc3c2o1. The smallest absolute Gasteiger partial charge is 0.293 e. The Labute approximate surface area is 111 Å². The van der Waals surface area contributed by atoms with E-state index < -0.39 is 0 Å². The lowest BCUT2D eigenvalue weighted by Gasteiger charge is -2.13. The van der Waals surface area contributed by atoms with Gasteiger partial charge in [0.15, 0.2) is 5.58 Å². The molecule has 4 rings (SSSR count). The average molecular weight is 252 g/mol. The molecule has 0 amide bonds. The van der Waals surface area contributed by atoms with Crippen molar-refractivity contribution in [2.24, 2.45) is 0 Å². The fourth-order valence-corrected chi connectivity index (χ4v) is 3.37. The van der Waals surface area contributed by atoms with Crippen LogP contribution in [0.5, 0.6) is 0 Å². The summed E-state index contributed by atoms with van der Waals surface area (Å²) in [4.78, 5) is 4.31. The van der Waals surface area contributed by atoms with E-state index in [2.05, 4.69) is 29.2 Å². The van der Waals surface area contributed by atoms with Gasteiger partial charge in [-0.05, 0) is 35.8 Å². The van der Waals surface area contributed by atoms with Gasteiger partial charge in [0.1, 0.15) is 5.52 Å². The number of aromatic nitrogens is 1. The Morgan fingerprint density at radius 3 is 2.63 bits per heavy atom. The Morgan fingerprint density at radius 2 is 1.84 bits per heavy atom. The molecule has 1 fully saturated rings. The average Bonchev–Trinajstić information content (AvgIpc) is 3.05. The van der Waals surface area contributed by atoms with E-state index in [4.69, 9.17) is 10.2 Å². The van der Waals surface area contributed by atoms with Crippen molar-refractivity contribution in [1.82, 2.24) is 4.98 Å². The second kappa shape index (κ2) is 3.98. The number of rotatable bonds is 1. The van der Waals surface area contributed by atoms with Crippen LogP contribution in [0, 0.1) is 0 Å². The second-order valence-corrected chi connectivity index (χ2v) is 5.39. The lowest BCUT2D eigenvalue weighted by molar-refractivity contribution is 0.629. The number of benzene rings is 2. The minimum atomic E-state index is 0.253. The standard InChI is InChI=1S/C16H16N2O/c17-16-18-14-9-13(10-5-1-2-6-10)11-7-3-4-8-12(11)15(14)19-16/h3-4,7-10H,1-2,5-6H2,(H2,17,18). The van der Waals surface area contributed by atoms with Gasteiger partial charge in [0, 0.05) is 5.39 Å². The Bertz CT molecular complexity index is 754. The zero-order valence-electron chi connectivity index (χ0n) is 10.7. The highest BCUT2D eigenvalue weighted by Gasteiger charge is 2.21. The van der Waals surface area contributed by atoms with Gasteiger partial charge in [-0.25, -0.2) is 0 Å². The van der Waals surface area contributed by atoms with Crippen LogP contribution in [-0.2, 0) is 0 Å². The maximum atomic E-state index is 5.71. The first kappa shape index (κ1) is 10.9. The predicted molar refractivity (Wildman–Crippen MR) is 77.1 cm³/mol. The molecule has 1 aliphatic rings. The highest BCUT2D eigenvalue weighted by molar-refractivity contribution is 6.05. The van der Waals surface area contributed by atoms with Crippen molar-refractivity contribution in [2.45, 2.75) is 31.6 Å². The summed E-state index contributed by atoms with van der Waals surface area (Å²) in [6.45, 7) is 0. The molecule has 0 radical (unpaired) electrons. The van der Waals surface area contributed by atoms with Gasteiger partial charge in [0.05, 0.1) is 0 Å². The lowest BCUT2D eigenvalue weighted by Crippen LogP contribution is -1.94. The molecule has 2 N–H and O–H groups in total. The van der Waals surface area contributed by atoms with Gasteiger partial charge in [-0.15, -0.1) is 0 Å². The quantitative estimate of drug-likeness (QED) is 0.705. The molecule has 2 aromatic carbocycles. The van der Waals surface area contributed by atoms with Crippen molar-refractivity contribution >= 4 is 27.9 Å². The van der Waals surface area contributed by atoms with Crippen molar-refractivity contribution in [3.8, 4) is 0 Å². The first-order valence-corrected chi connectivity index (χ1v) is 6.90. The maximum absolute atomic E-state index is 5.71. The molecule has 1 saturated carbocycles. The third kappa shape index (κ3) is 1.61. The van der Waals surface area contributed by atoms with E-state index in [-0.39, 0.29) is 6.01 Å². The normalized spacial score (nSPS) is 16.6. The van der Waals surface area contributed by atoms with E-state index in [1.807, 2.05) is 6.07 Å². The molecule has 19 heavy (non-hydrogen) atoms. The van der Waals surface area contributed by atoms with Crippen LogP contribution >= 0.6 is 0 Å². The minimum Gasteiger partial charge on any atom is -0.423 e. The Balaban J connectivity index is 2.08. The summed E-state index contributed by atoms with van der Waals surface area (Å²) in [6, 6.07) is 10.8. The largest absolute Gasteiger partial charge is 0.423 e. The predicted octanol–water partition coefficient (Wildman–Crippen LogP) is 4.22. The lowest BCUT2D eigenvalue weighted by atomic mass is 9.92. The van der Waals surface area contributed by atoms with Gasteiger partial charge in [-0.3, -0.25) is 0 Å². The highest BCUT2D eigenvalue weighted by atomic mass is 16.4. The van der Waals surface area contributed by atoms with Crippen LogP contribution in [-0.4, -0.2) is 4.98 Å². The molecule has 3 heteroatoms. The third-order valence-corrected chi connectivity index (χ3v) is 4.24. The molecule has 3 aromatic rings. The van der Waals surface area contributed by atoms with Crippen molar-refractivity contribution in [2.75, 3.05) is 5.73 Å². The van der Waals surface area contributed by atoms with Crippen LogP contribution in [0.15, 0.2) is 34.7 Å². The Morgan fingerprint density at radius 1 is 1.11 bits per heavy atom. The van der Waals surface area contributed by atoms with Gasteiger partial charge in [-0.2, -0.15) is 4.98 Å². The van der Waals surface area contributed by atoms with Crippen LogP contribution in [0.4, 0.5) is 6.01 Å². The topological polar surface area (TPSA) is 52.0 Å². The summed E-state index contributed by atoms with van der Waals surface area (Å²) in [5.41, 5.74) is 8.82. The van der Waals surface area contributed by atoms with E-state index in [0.717, 1.165) is 16.5 Å². The highest BCUT2D eigenvalue weighted by Crippen LogP contribution is 2.40.